The highest BCUT2D eigenvalue weighted by atomic mass is 35.5. The number of halogens is 1. The van der Waals surface area contributed by atoms with Crippen LogP contribution in [-0.2, 0) is 7.05 Å². The summed E-state index contributed by atoms with van der Waals surface area (Å²) in [7, 11) is 1.95. The van der Waals surface area contributed by atoms with Gasteiger partial charge < -0.3 is 28.5 Å². The summed E-state index contributed by atoms with van der Waals surface area (Å²) in [4.78, 5) is 11.5. The number of nitrogens with zero attached hydrogens (tertiary/aromatic N) is 1. The first-order valence-electron chi connectivity index (χ1n) is 5.73. The Morgan fingerprint density at radius 3 is 1.67 bits per heavy atom. The predicted molar refractivity (Wildman–Crippen MR) is 76.8 cm³/mol. The van der Waals surface area contributed by atoms with Gasteiger partial charge in [-0.25, -0.2) is 4.79 Å². The molecule has 0 unspecified atom stereocenters. The number of carboxylic acids is 1. The third-order valence-corrected chi connectivity index (χ3v) is 3.28. The minimum atomic E-state index is -0.886. The summed E-state index contributed by atoms with van der Waals surface area (Å²) < 4.78 is 2.02. The van der Waals surface area contributed by atoms with Crippen molar-refractivity contribution < 1.29 is 37.8 Å². The van der Waals surface area contributed by atoms with Crippen molar-refractivity contribution in [3.8, 4) is 0 Å². The number of aromatic nitrogens is 1. The zero-order chi connectivity index (χ0) is 12.7. The third-order valence-electron chi connectivity index (χ3n) is 3.28. The molecule has 21 heavy (non-hydrogen) atoms. The molecule has 0 radical (unpaired) electrons. The van der Waals surface area contributed by atoms with Crippen LogP contribution < -0.4 is 17.0 Å². The van der Waals surface area contributed by atoms with E-state index in [2.05, 4.69) is 0 Å². The Morgan fingerprint density at radius 1 is 0.905 bits per heavy atom. The molecular formula is C15H16ClNO4. The van der Waals surface area contributed by atoms with Gasteiger partial charge in [-0.05, 0) is 12.1 Å². The van der Waals surface area contributed by atoms with Crippen LogP contribution in [0.5, 0.6) is 0 Å². The van der Waals surface area contributed by atoms with E-state index in [4.69, 9.17) is 0 Å². The second-order valence-corrected chi connectivity index (χ2v) is 4.27. The van der Waals surface area contributed by atoms with Crippen molar-refractivity contribution in [1.29, 1.82) is 0 Å². The second-order valence-electron chi connectivity index (χ2n) is 4.27. The van der Waals surface area contributed by atoms with Gasteiger partial charge in [0.05, 0.1) is 16.3 Å². The number of hydrogen-bond acceptors (Lipinski definition) is 1. The summed E-state index contributed by atoms with van der Waals surface area (Å²) in [6, 6.07) is 15.2. The fraction of sp³-hybridized carbons (Fsp3) is 0.0667. The van der Waals surface area contributed by atoms with Crippen molar-refractivity contribution in [2.24, 2.45) is 7.05 Å². The Labute approximate surface area is 127 Å². The van der Waals surface area contributed by atoms with Gasteiger partial charge in [-0.3, -0.25) is 0 Å². The number of aromatic carboxylic acids is 1. The Morgan fingerprint density at radius 2 is 1.29 bits per heavy atom. The smallest absolute Gasteiger partial charge is 0.337 e. The summed E-state index contributed by atoms with van der Waals surface area (Å²) >= 11 is 0. The number of rotatable bonds is 1. The van der Waals surface area contributed by atoms with E-state index in [1.165, 1.54) is 0 Å². The maximum Gasteiger partial charge on any atom is 0.337 e. The molecule has 0 saturated carbocycles. The fourth-order valence-electron chi connectivity index (χ4n) is 2.46. The van der Waals surface area contributed by atoms with Crippen LogP contribution in [0.2, 0.25) is 0 Å². The summed E-state index contributed by atoms with van der Waals surface area (Å²) in [6.07, 6.45) is 0. The lowest BCUT2D eigenvalue weighted by molar-refractivity contribution is -0.617. The molecule has 5 N–H and O–H groups in total. The largest absolute Gasteiger partial charge is 1.00 e. The van der Waals surface area contributed by atoms with Crippen molar-refractivity contribution >= 4 is 27.8 Å². The predicted octanol–water partition coefficient (Wildman–Crippen LogP) is -2.13. The summed E-state index contributed by atoms with van der Waals surface area (Å²) in [5.74, 6) is -0.886. The summed E-state index contributed by atoms with van der Waals surface area (Å²) in [5.41, 5.74) is 2.22. The van der Waals surface area contributed by atoms with E-state index in [1.807, 2.05) is 60.1 Å². The first-order chi connectivity index (χ1) is 8.70. The topological polar surface area (TPSA) is 104 Å². The molecule has 6 heteroatoms. The molecule has 1 heterocycles. The molecule has 112 valence electrons. The van der Waals surface area contributed by atoms with Crippen molar-refractivity contribution in [3.63, 3.8) is 0 Å². The van der Waals surface area contributed by atoms with E-state index >= 15 is 0 Å². The number of benzene rings is 2. The number of fused-ring (bicyclic) bond motifs is 2. The Bertz CT molecular complexity index is 732. The van der Waals surface area contributed by atoms with Crippen molar-refractivity contribution in [3.05, 3.63) is 54.1 Å². The average molecular weight is 310 g/mol. The van der Waals surface area contributed by atoms with Crippen LogP contribution in [0, 0.1) is 0 Å². The molecule has 0 bridgehead atoms. The number of hydrogen-bond donors (Lipinski definition) is 1. The molecule has 2 aromatic carbocycles. The molecule has 0 aliphatic carbocycles. The highest BCUT2D eigenvalue weighted by molar-refractivity contribution is 6.12. The van der Waals surface area contributed by atoms with E-state index in [0.29, 0.717) is 5.56 Å². The first-order valence-corrected chi connectivity index (χ1v) is 5.73. The van der Waals surface area contributed by atoms with E-state index in [-0.39, 0.29) is 23.4 Å². The zero-order valence-electron chi connectivity index (χ0n) is 11.3. The molecular weight excluding hydrogens is 294 g/mol. The lowest BCUT2D eigenvalue weighted by atomic mass is 10.0. The first kappa shape index (κ1) is 18.8. The van der Waals surface area contributed by atoms with E-state index in [9.17, 15) is 9.90 Å². The van der Waals surface area contributed by atoms with Gasteiger partial charge in [-0.2, -0.15) is 4.57 Å². The number of carbonyl (C=O) groups is 1. The van der Waals surface area contributed by atoms with Crippen molar-refractivity contribution in [1.82, 2.24) is 0 Å². The normalized spacial score (nSPS) is 9.38. The molecule has 0 amide bonds. The molecule has 1 aromatic heterocycles. The molecule has 0 aliphatic rings. The Hall–Kier alpha value is -2.21. The van der Waals surface area contributed by atoms with E-state index in [1.54, 1.807) is 0 Å². The number of para-hydroxylation sites is 2. The SMILES string of the molecule is C[n+]1c2ccccc2c(C(=O)O)c2ccccc21.O.O.[Cl-]. The minimum absolute atomic E-state index is 0. The standard InChI is InChI=1S/C15H11NO2.ClH.2H2O/c1-16-12-8-4-2-6-10(12)14(15(17)18)11-7-3-5-9-13(11)16;;;/h2-9H,1H3;1H;2*1H2. The van der Waals surface area contributed by atoms with Crippen LogP contribution >= 0.6 is 0 Å². The lowest BCUT2D eigenvalue weighted by Crippen LogP contribution is -3.00. The van der Waals surface area contributed by atoms with E-state index in [0.717, 1.165) is 21.8 Å². The monoisotopic (exact) mass is 309 g/mol. The minimum Gasteiger partial charge on any atom is -1.00 e. The van der Waals surface area contributed by atoms with Crippen LogP contribution in [0.3, 0.4) is 0 Å². The average Bonchev–Trinajstić information content (AvgIpc) is 2.39. The van der Waals surface area contributed by atoms with Crippen molar-refractivity contribution in [2.75, 3.05) is 0 Å². The molecule has 0 saturated heterocycles. The lowest BCUT2D eigenvalue weighted by Gasteiger charge is -2.06. The number of carboxylic acid groups (broad SMARTS) is 1. The summed E-state index contributed by atoms with van der Waals surface area (Å²) in [6.45, 7) is 0. The van der Waals surface area contributed by atoms with Gasteiger partial charge in [-0.15, -0.1) is 0 Å². The highest BCUT2D eigenvalue weighted by Crippen LogP contribution is 2.24. The van der Waals surface area contributed by atoms with E-state index < -0.39 is 5.97 Å². The van der Waals surface area contributed by atoms with Crippen LogP contribution in [-0.4, -0.2) is 22.0 Å². The number of aryl methyl sites for hydroxylation is 1. The molecule has 5 nitrogen and oxygen atoms in total. The Kier molecular flexibility index (Phi) is 6.25. The summed E-state index contributed by atoms with van der Waals surface area (Å²) in [5, 5.41) is 11.0. The van der Waals surface area contributed by atoms with Gasteiger partial charge in [0.2, 0.25) is 11.0 Å². The zero-order valence-corrected chi connectivity index (χ0v) is 12.1. The molecule has 0 atom stereocenters. The number of pyridine rings is 1. The van der Waals surface area contributed by atoms with Crippen LogP contribution in [0.1, 0.15) is 10.4 Å². The van der Waals surface area contributed by atoms with Gasteiger partial charge in [0.25, 0.3) is 0 Å². The van der Waals surface area contributed by atoms with Crippen molar-refractivity contribution in [2.45, 2.75) is 0 Å². The van der Waals surface area contributed by atoms with Gasteiger partial charge >= 0.3 is 5.97 Å². The maximum atomic E-state index is 11.5. The molecule has 0 fully saturated rings. The fourth-order valence-corrected chi connectivity index (χ4v) is 2.46. The molecule has 3 aromatic rings. The quantitative estimate of drug-likeness (QED) is 0.410. The molecule has 3 rings (SSSR count). The highest BCUT2D eigenvalue weighted by Gasteiger charge is 2.20. The molecule has 0 aliphatic heterocycles. The van der Waals surface area contributed by atoms with Gasteiger partial charge in [0.1, 0.15) is 7.05 Å². The Balaban J connectivity index is 0.00000133. The van der Waals surface area contributed by atoms with Crippen LogP contribution in [0.4, 0.5) is 0 Å². The van der Waals surface area contributed by atoms with Crippen LogP contribution in [0.25, 0.3) is 21.8 Å². The van der Waals surface area contributed by atoms with Gasteiger partial charge in [0, 0.05) is 12.1 Å². The van der Waals surface area contributed by atoms with Gasteiger partial charge in [-0.1, -0.05) is 24.3 Å². The third kappa shape index (κ3) is 2.80. The van der Waals surface area contributed by atoms with Crippen LogP contribution in [0.15, 0.2) is 48.5 Å². The maximum absolute atomic E-state index is 11.5. The molecule has 0 spiro atoms. The van der Waals surface area contributed by atoms with Gasteiger partial charge in [0.15, 0.2) is 0 Å². The second kappa shape index (κ2) is 6.99.